The van der Waals surface area contributed by atoms with Gasteiger partial charge in [-0.3, -0.25) is 9.59 Å². The SMILES string of the molecule is CC(=O)CCSc1ncccc1Sc1cc(-n2c(=O)cc(C(F)(F)F)n(N)c2=O)c(F)cc1Cl. The van der Waals surface area contributed by atoms with Gasteiger partial charge in [0.05, 0.1) is 10.7 Å². The summed E-state index contributed by atoms with van der Waals surface area (Å²) in [5, 5.41) is 0.495. The molecule has 2 heterocycles. The molecule has 0 aliphatic carbocycles. The number of thioether (sulfide) groups is 1. The maximum absolute atomic E-state index is 14.7. The maximum atomic E-state index is 14.7. The highest BCUT2D eigenvalue weighted by Crippen LogP contribution is 2.39. The first-order valence-corrected chi connectivity index (χ1v) is 11.5. The zero-order valence-corrected chi connectivity index (χ0v) is 19.6. The van der Waals surface area contributed by atoms with Crippen molar-refractivity contribution in [2.24, 2.45) is 0 Å². The second kappa shape index (κ2) is 10.2. The molecule has 0 spiro atoms. The Morgan fingerprint density at radius 2 is 1.91 bits per heavy atom. The van der Waals surface area contributed by atoms with E-state index in [1.807, 2.05) is 0 Å². The average Bonchev–Trinajstić information content (AvgIpc) is 2.74. The number of hydrogen-bond acceptors (Lipinski definition) is 7. The van der Waals surface area contributed by atoms with Crippen LogP contribution in [0.15, 0.2) is 60.9 Å². The topological polar surface area (TPSA) is 100.0 Å². The second-order valence-corrected chi connectivity index (χ2v) is 9.37. The van der Waals surface area contributed by atoms with Gasteiger partial charge in [0.15, 0.2) is 5.69 Å². The number of rotatable bonds is 7. The van der Waals surface area contributed by atoms with Crippen LogP contribution in [0.25, 0.3) is 5.69 Å². The second-order valence-electron chi connectivity index (χ2n) is 6.80. The largest absolute Gasteiger partial charge is 0.433 e. The predicted molar refractivity (Wildman–Crippen MR) is 121 cm³/mol. The van der Waals surface area contributed by atoms with Gasteiger partial charge in [-0.05, 0) is 31.2 Å². The lowest BCUT2D eigenvalue weighted by Gasteiger charge is -2.15. The first kappa shape index (κ1) is 25.8. The quantitative estimate of drug-likeness (QED) is 0.276. The van der Waals surface area contributed by atoms with E-state index >= 15 is 0 Å². The van der Waals surface area contributed by atoms with E-state index in [2.05, 4.69) is 4.98 Å². The summed E-state index contributed by atoms with van der Waals surface area (Å²) in [6.45, 7) is 1.47. The molecule has 0 fully saturated rings. The van der Waals surface area contributed by atoms with E-state index in [0.717, 1.165) is 23.9 Å². The van der Waals surface area contributed by atoms with E-state index in [1.54, 1.807) is 18.3 Å². The molecule has 1 aromatic carbocycles. The molecule has 0 saturated carbocycles. The Balaban J connectivity index is 2.07. The van der Waals surface area contributed by atoms with Crippen molar-refractivity contribution in [3.8, 4) is 5.69 Å². The number of alkyl halides is 3. The van der Waals surface area contributed by atoms with Crippen molar-refractivity contribution in [1.29, 1.82) is 0 Å². The Bertz CT molecular complexity index is 1380. The fourth-order valence-electron chi connectivity index (χ4n) is 2.74. The van der Waals surface area contributed by atoms with Crippen LogP contribution in [-0.2, 0) is 11.0 Å². The molecule has 0 bridgehead atoms. The first-order valence-electron chi connectivity index (χ1n) is 9.36. The molecule has 14 heteroatoms. The Morgan fingerprint density at radius 1 is 1.21 bits per heavy atom. The Morgan fingerprint density at radius 3 is 2.56 bits per heavy atom. The van der Waals surface area contributed by atoms with Gasteiger partial charge in [-0.2, -0.15) is 13.2 Å². The number of carbonyl (C=O) groups is 1. The van der Waals surface area contributed by atoms with Crippen LogP contribution in [0.3, 0.4) is 0 Å². The molecule has 2 N–H and O–H groups in total. The van der Waals surface area contributed by atoms with E-state index in [4.69, 9.17) is 17.4 Å². The Labute approximate surface area is 202 Å². The Hall–Kier alpha value is -2.77. The minimum atomic E-state index is -5.07. The molecule has 3 rings (SSSR count). The predicted octanol–water partition coefficient (Wildman–Crippen LogP) is 4.14. The number of nitrogens with zero attached hydrogens (tertiary/aromatic N) is 3. The van der Waals surface area contributed by atoms with Crippen LogP contribution < -0.4 is 17.1 Å². The molecule has 0 atom stereocenters. The van der Waals surface area contributed by atoms with Gasteiger partial charge >= 0.3 is 11.9 Å². The van der Waals surface area contributed by atoms with Gasteiger partial charge in [0.25, 0.3) is 5.56 Å². The lowest BCUT2D eigenvalue weighted by atomic mass is 10.3. The number of pyridine rings is 1. The van der Waals surface area contributed by atoms with Crippen LogP contribution in [0.2, 0.25) is 5.02 Å². The summed E-state index contributed by atoms with van der Waals surface area (Å²) in [6, 6.07) is 5.35. The third-order valence-corrected chi connectivity index (χ3v) is 6.99. The molecular formula is C20H15ClF4N4O3S2. The maximum Gasteiger partial charge on any atom is 0.433 e. The summed E-state index contributed by atoms with van der Waals surface area (Å²) < 4.78 is 53.7. The number of carbonyl (C=O) groups excluding carboxylic acids is 1. The molecule has 0 amide bonds. The molecular weight excluding hydrogens is 520 g/mol. The van der Waals surface area contributed by atoms with Gasteiger partial charge < -0.3 is 5.84 Å². The number of halogens is 5. The molecule has 0 aliphatic rings. The standard InChI is InChI=1S/C20H15ClF4N4O3S2/c1-10(30)4-6-33-18-14(3-2-5-27-18)34-15-8-13(12(22)7-11(15)21)28-17(31)9-16(20(23,24)25)29(26)19(28)32/h2-3,5,7-9H,4,6,26H2,1H3. The molecule has 0 aliphatic heterocycles. The highest BCUT2D eigenvalue weighted by Gasteiger charge is 2.36. The molecule has 34 heavy (non-hydrogen) atoms. The molecule has 0 radical (unpaired) electrons. The summed E-state index contributed by atoms with van der Waals surface area (Å²) in [6.07, 6.45) is -3.19. The molecule has 3 aromatic rings. The number of Topliss-reactive ketones (excluding diaryl/α,β-unsaturated/α-hetero) is 1. The van der Waals surface area contributed by atoms with E-state index < -0.39 is 34.6 Å². The zero-order valence-electron chi connectivity index (χ0n) is 17.2. The van der Waals surface area contributed by atoms with Crippen LogP contribution in [-0.4, -0.2) is 25.8 Å². The summed E-state index contributed by atoms with van der Waals surface area (Å²) in [5.41, 5.74) is -5.30. The lowest BCUT2D eigenvalue weighted by Crippen LogP contribution is -2.45. The van der Waals surface area contributed by atoms with Crippen LogP contribution in [0, 0.1) is 5.82 Å². The molecule has 180 valence electrons. The fourth-order valence-corrected chi connectivity index (χ4v) is 5.08. The number of hydrogen-bond donors (Lipinski definition) is 1. The lowest BCUT2D eigenvalue weighted by molar-refractivity contribution is -0.143. The van der Waals surface area contributed by atoms with Crippen molar-refractivity contribution < 1.29 is 22.4 Å². The monoisotopic (exact) mass is 534 g/mol. The van der Waals surface area contributed by atoms with E-state index in [9.17, 15) is 31.9 Å². The van der Waals surface area contributed by atoms with Gasteiger partial charge in [0.2, 0.25) is 0 Å². The van der Waals surface area contributed by atoms with Crippen molar-refractivity contribution in [1.82, 2.24) is 14.2 Å². The van der Waals surface area contributed by atoms with Crippen LogP contribution in [0.4, 0.5) is 17.6 Å². The van der Waals surface area contributed by atoms with Crippen molar-refractivity contribution >= 4 is 40.9 Å². The number of nitrogen functional groups attached to an aromatic ring is 1. The summed E-state index contributed by atoms with van der Waals surface area (Å²) in [7, 11) is 0. The van der Waals surface area contributed by atoms with Gasteiger partial charge in [-0.15, -0.1) is 11.8 Å². The van der Waals surface area contributed by atoms with Gasteiger partial charge in [-0.25, -0.2) is 23.4 Å². The molecule has 0 unspecified atom stereocenters. The van der Waals surface area contributed by atoms with Crippen molar-refractivity contribution in [3.05, 3.63) is 73.9 Å². The van der Waals surface area contributed by atoms with Crippen molar-refractivity contribution in [2.75, 3.05) is 11.6 Å². The van der Waals surface area contributed by atoms with Crippen LogP contribution in [0.1, 0.15) is 19.0 Å². The van der Waals surface area contributed by atoms with Crippen molar-refractivity contribution in [2.45, 2.75) is 34.3 Å². The third kappa shape index (κ3) is 5.65. The molecule has 7 nitrogen and oxygen atoms in total. The smallest absolute Gasteiger partial charge is 0.335 e. The minimum Gasteiger partial charge on any atom is -0.335 e. The fraction of sp³-hybridized carbons (Fsp3) is 0.200. The van der Waals surface area contributed by atoms with Crippen LogP contribution >= 0.6 is 35.1 Å². The number of nitrogens with two attached hydrogens (primary N) is 1. The van der Waals surface area contributed by atoms with Gasteiger partial charge in [-0.1, -0.05) is 23.4 Å². The third-order valence-electron chi connectivity index (χ3n) is 4.32. The molecule has 0 saturated heterocycles. The Kier molecular flexibility index (Phi) is 7.78. The van der Waals surface area contributed by atoms with E-state index in [0.29, 0.717) is 22.1 Å². The summed E-state index contributed by atoms with van der Waals surface area (Å²) >= 11 is 8.51. The number of benzene rings is 1. The normalized spacial score (nSPS) is 11.6. The highest BCUT2D eigenvalue weighted by molar-refractivity contribution is 8.02. The minimum absolute atomic E-state index is 0.0106. The van der Waals surface area contributed by atoms with Crippen LogP contribution in [0.5, 0.6) is 0 Å². The zero-order chi connectivity index (χ0) is 25.2. The average molecular weight is 535 g/mol. The van der Waals surface area contributed by atoms with Gasteiger partial charge in [0.1, 0.15) is 16.6 Å². The number of aromatic nitrogens is 3. The number of ketones is 1. The summed E-state index contributed by atoms with van der Waals surface area (Å²) in [4.78, 5) is 41.0. The van der Waals surface area contributed by atoms with E-state index in [1.165, 1.54) is 18.7 Å². The van der Waals surface area contributed by atoms with Gasteiger partial charge in [0, 0.05) is 34.2 Å². The van der Waals surface area contributed by atoms with Crippen molar-refractivity contribution in [3.63, 3.8) is 0 Å². The highest BCUT2D eigenvalue weighted by atomic mass is 35.5. The molecule has 2 aromatic heterocycles. The van der Waals surface area contributed by atoms with E-state index in [-0.39, 0.29) is 31.0 Å². The summed E-state index contributed by atoms with van der Waals surface area (Å²) in [5.74, 6) is 4.61. The first-order chi connectivity index (χ1) is 15.9.